The van der Waals surface area contributed by atoms with Gasteiger partial charge in [0.2, 0.25) is 0 Å². The molecule has 0 aliphatic carbocycles. The van der Waals surface area contributed by atoms with E-state index in [1.807, 2.05) is 24.3 Å². The molecule has 19 heavy (non-hydrogen) atoms. The van der Waals surface area contributed by atoms with Gasteiger partial charge in [0.05, 0.1) is 13.3 Å². The summed E-state index contributed by atoms with van der Waals surface area (Å²) in [6.07, 6.45) is 3.25. The van der Waals surface area contributed by atoms with Crippen LogP contribution >= 0.6 is 0 Å². The number of benzene rings is 1. The number of aryl methyl sites for hydroxylation is 1. The number of hydrogen-bond donors (Lipinski definition) is 1. The summed E-state index contributed by atoms with van der Waals surface area (Å²) in [5.74, 6) is 0.431. The molecule has 6 nitrogen and oxygen atoms in total. The molecule has 1 aromatic carbocycles. The van der Waals surface area contributed by atoms with E-state index in [1.54, 1.807) is 37.3 Å². The molecular weight excluding hydrogens is 244 g/mol. The first kappa shape index (κ1) is 12.8. The topological polar surface area (TPSA) is 68.5 Å². The van der Waals surface area contributed by atoms with Gasteiger partial charge in [-0.15, -0.1) is 0 Å². The minimum absolute atomic E-state index is 0.328. The van der Waals surface area contributed by atoms with Crippen LogP contribution in [0.5, 0.6) is 5.75 Å². The molecule has 2 rings (SSSR count). The largest absolute Gasteiger partial charge is 0.497 e. The molecule has 1 N–H and O–H groups in total. The zero-order chi connectivity index (χ0) is 13.7. The maximum Gasteiger partial charge on any atom is 0.291 e. The average Bonchev–Trinajstić information content (AvgIpc) is 2.86. The van der Waals surface area contributed by atoms with Gasteiger partial charge in [0.15, 0.2) is 5.69 Å². The van der Waals surface area contributed by atoms with E-state index in [2.05, 4.69) is 15.6 Å². The lowest BCUT2D eigenvalue weighted by Gasteiger charge is -1.99. The lowest BCUT2D eigenvalue weighted by molar-refractivity contribution is 0.0949. The van der Waals surface area contributed by atoms with Crippen LogP contribution in [0.25, 0.3) is 0 Å². The van der Waals surface area contributed by atoms with Crippen LogP contribution in [0.1, 0.15) is 16.1 Å². The Morgan fingerprint density at radius 1 is 1.37 bits per heavy atom. The van der Waals surface area contributed by atoms with Crippen molar-refractivity contribution in [2.75, 3.05) is 7.11 Å². The van der Waals surface area contributed by atoms with Crippen molar-refractivity contribution in [3.05, 3.63) is 47.8 Å². The van der Waals surface area contributed by atoms with Gasteiger partial charge >= 0.3 is 0 Å². The molecule has 2 aromatic rings. The lowest BCUT2D eigenvalue weighted by atomic mass is 10.2. The Kier molecular flexibility index (Phi) is 3.92. The molecule has 0 spiro atoms. The van der Waals surface area contributed by atoms with Crippen LogP contribution in [0.3, 0.4) is 0 Å². The first-order chi connectivity index (χ1) is 9.19. The van der Waals surface area contributed by atoms with Gasteiger partial charge in [0, 0.05) is 13.2 Å². The quantitative estimate of drug-likeness (QED) is 0.661. The summed E-state index contributed by atoms with van der Waals surface area (Å²) in [5, 5.41) is 7.84. The molecule has 0 bridgehead atoms. The van der Waals surface area contributed by atoms with Crippen LogP contribution in [0.15, 0.2) is 41.6 Å². The summed E-state index contributed by atoms with van der Waals surface area (Å²) in [6.45, 7) is 0. The van der Waals surface area contributed by atoms with Crippen LogP contribution in [0.2, 0.25) is 0 Å². The molecular formula is C13H14N4O2. The highest BCUT2D eigenvalue weighted by Crippen LogP contribution is 2.09. The summed E-state index contributed by atoms with van der Waals surface area (Å²) in [4.78, 5) is 11.6. The van der Waals surface area contributed by atoms with Crippen molar-refractivity contribution in [2.45, 2.75) is 0 Å². The fourth-order valence-electron chi connectivity index (χ4n) is 1.45. The van der Waals surface area contributed by atoms with Crippen molar-refractivity contribution in [3.63, 3.8) is 0 Å². The molecule has 0 fully saturated rings. The van der Waals surface area contributed by atoms with Gasteiger partial charge in [-0.25, -0.2) is 5.43 Å². The molecule has 0 radical (unpaired) electrons. The predicted octanol–water partition coefficient (Wildman–Crippen LogP) is 1.19. The van der Waals surface area contributed by atoms with E-state index in [1.165, 1.54) is 0 Å². The van der Waals surface area contributed by atoms with Crippen molar-refractivity contribution in [1.29, 1.82) is 0 Å². The fourth-order valence-corrected chi connectivity index (χ4v) is 1.45. The maximum absolute atomic E-state index is 11.6. The van der Waals surface area contributed by atoms with Gasteiger partial charge in [-0.05, 0) is 35.9 Å². The van der Waals surface area contributed by atoms with Crippen molar-refractivity contribution in [2.24, 2.45) is 12.1 Å². The average molecular weight is 258 g/mol. The third-order valence-corrected chi connectivity index (χ3v) is 2.44. The van der Waals surface area contributed by atoms with Crippen molar-refractivity contribution in [1.82, 2.24) is 15.2 Å². The number of nitrogens with zero attached hydrogens (tertiary/aromatic N) is 3. The van der Waals surface area contributed by atoms with E-state index in [0.717, 1.165) is 11.3 Å². The van der Waals surface area contributed by atoms with Crippen molar-refractivity contribution in [3.8, 4) is 5.75 Å². The lowest BCUT2D eigenvalue weighted by Crippen LogP contribution is -2.18. The van der Waals surface area contributed by atoms with Crippen LogP contribution in [-0.4, -0.2) is 29.0 Å². The molecule has 0 aliphatic heterocycles. The van der Waals surface area contributed by atoms with Gasteiger partial charge in [-0.3, -0.25) is 9.48 Å². The molecule has 0 unspecified atom stereocenters. The number of ether oxygens (including phenoxy) is 1. The Balaban J connectivity index is 1.94. The highest BCUT2D eigenvalue weighted by molar-refractivity contribution is 5.93. The highest BCUT2D eigenvalue weighted by atomic mass is 16.5. The van der Waals surface area contributed by atoms with Gasteiger partial charge in [-0.1, -0.05) is 0 Å². The minimum Gasteiger partial charge on any atom is -0.497 e. The van der Waals surface area contributed by atoms with Crippen LogP contribution < -0.4 is 10.2 Å². The first-order valence-electron chi connectivity index (χ1n) is 5.66. The van der Waals surface area contributed by atoms with E-state index in [9.17, 15) is 4.79 Å². The molecule has 1 heterocycles. The number of methoxy groups -OCH3 is 1. The first-order valence-corrected chi connectivity index (χ1v) is 5.66. The molecule has 0 saturated carbocycles. The number of carbonyl (C=O) groups excluding carboxylic acids is 1. The molecule has 98 valence electrons. The highest BCUT2D eigenvalue weighted by Gasteiger charge is 2.06. The van der Waals surface area contributed by atoms with Gasteiger partial charge < -0.3 is 4.74 Å². The van der Waals surface area contributed by atoms with Crippen molar-refractivity contribution >= 4 is 12.1 Å². The number of carbonyl (C=O) groups is 1. The third-order valence-electron chi connectivity index (χ3n) is 2.44. The third kappa shape index (κ3) is 3.41. The number of hydrogen-bond acceptors (Lipinski definition) is 4. The van der Waals surface area contributed by atoms with E-state index in [-0.39, 0.29) is 5.91 Å². The maximum atomic E-state index is 11.6. The second-order valence-corrected chi connectivity index (χ2v) is 3.85. The van der Waals surface area contributed by atoms with Gasteiger partial charge in [-0.2, -0.15) is 10.2 Å². The monoisotopic (exact) mass is 258 g/mol. The van der Waals surface area contributed by atoms with Gasteiger partial charge in [0.1, 0.15) is 5.75 Å². The Bertz CT molecular complexity index is 587. The van der Waals surface area contributed by atoms with E-state index in [0.29, 0.717) is 5.69 Å². The summed E-state index contributed by atoms with van der Waals surface area (Å²) in [5.41, 5.74) is 3.60. The van der Waals surface area contributed by atoms with Crippen LogP contribution in [-0.2, 0) is 7.05 Å². The second-order valence-electron chi connectivity index (χ2n) is 3.85. The second kappa shape index (κ2) is 5.81. The van der Waals surface area contributed by atoms with E-state index < -0.39 is 0 Å². The number of hydrazone groups is 1. The van der Waals surface area contributed by atoms with E-state index in [4.69, 9.17) is 4.74 Å². The summed E-state index contributed by atoms with van der Waals surface area (Å²) >= 11 is 0. The Labute approximate surface area is 110 Å². The molecule has 0 aliphatic rings. The fraction of sp³-hybridized carbons (Fsp3) is 0.154. The summed E-state index contributed by atoms with van der Waals surface area (Å²) in [7, 11) is 3.35. The zero-order valence-corrected chi connectivity index (χ0v) is 10.7. The molecule has 1 aromatic heterocycles. The van der Waals surface area contributed by atoms with Crippen LogP contribution in [0, 0.1) is 0 Å². The normalized spacial score (nSPS) is 10.6. The number of rotatable bonds is 4. The number of aromatic nitrogens is 2. The van der Waals surface area contributed by atoms with E-state index >= 15 is 0 Å². The van der Waals surface area contributed by atoms with Crippen LogP contribution in [0.4, 0.5) is 0 Å². The minimum atomic E-state index is -0.342. The molecule has 1 amide bonds. The zero-order valence-electron chi connectivity index (χ0n) is 10.7. The summed E-state index contributed by atoms with van der Waals surface area (Å²) < 4.78 is 6.60. The number of nitrogens with one attached hydrogen (secondary N) is 1. The summed E-state index contributed by atoms with van der Waals surface area (Å²) in [6, 6.07) is 8.95. The predicted molar refractivity (Wildman–Crippen MR) is 71.3 cm³/mol. The molecule has 0 saturated heterocycles. The SMILES string of the molecule is COc1ccc(/C=N\NC(=O)c2ccn(C)n2)cc1. The Morgan fingerprint density at radius 2 is 2.11 bits per heavy atom. The number of amides is 1. The Morgan fingerprint density at radius 3 is 2.68 bits per heavy atom. The molecule has 0 atom stereocenters. The van der Waals surface area contributed by atoms with Gasteiger partial charge in [0.25, 0.3) is 5.91 Å². The Hall–Kier alpha value is -2.63. The molecule has 6 heteroatoms. The van der Waals surface area contributed by atoms with Crippen molar-refractivity contribution < 1.29 is 9.53 Å². The smallest absolute Gasteiger partial charge is 0.291 e. The standard InChI is InChI=1S/C13H14N4O2/c1-17-8-7-12(16-17)13(18)15-14-9-10-3-5-11(19-2)6-4-10/h3-9H,1-2H3,(H,15,18)/b14-9-.